The van der Waals surface area contributed by atoms with Crippen LogP contribution in [-0.4, -0.2) is 12.0 Å². The van der Waals surface area contributed by atoms with E-state index in [0.29, 0.717) is 0 Å². The Labute approximate surface area is 138 Å². The maximum Gasteiger partial charge on any atom is 0.261 e. The number of hydrogen-bond donors (Lipinski definition) is 1. The minimum absolute atomic E-state index is 0.00774. The highest BCUT2D eigenvalue weighted by molar-refractivity contribution is 5.81. The lowest BCUT2D eigenvalue weighted by atomic mass is 10.0. The summed E-state index contributed by atoms with van der Waals surface area (Å²) in [6, 6.07) is 16.0. The van der Waals surface area contributed by atoms with Gasteiger partial charge in [0.25, 0.3) is 5.91 Å². The second-order valence-electron chi connectivity index (χ2n) is 5.91. The van der Waals surface area contributed by atoms with Crippen molar-refractivity contribution in [1.82, 2.24) is 5.32 Å². The number of benzene rings is 2. The molecule has 23 heavy (non-hydrogen) atoms. The Kier molecular flexibility index (Phi) is 5.80. The first-order valence-corrected chi connectivity index (χ1v) is 8.10. The number of amides is 1. The van der Waals surface area contributed by atoms with E-state index < -0.39 is 6.10 Å². The first kappa shape index (κ1) is 17.1. The fraction of sp³-hybridized carbons (Fsp3) is 0.350. The molecule has 0 unspecified atom stereocenters. The predicted molar refractivity (Wildman–Crippen MR) is 93.6 cm³/mol. The van der Waals surface area contributed by atoms with E-state index in [0.717, 1.165) is 28.9 Å². The minimum atomic E-state index is -0.534. The van der Waals surface area contributed by atoms with Crippen molar-refractivity contribution in [3.63, 3.8) is 0 Å². The number of carbonyl (C=O) groups excluding carboxylic acids is 1. The molecule has 0 aromatic heterocycles. The number of hydrogen-bond acceptors (Lipinski definition) is 2. The Morgan fingerprint density at radius 2 is 1.83 bits per heavy atom. The largest absolute Gasteiger partial charge is 0.481 e. The molecule has 0 saturated heterocycles. The van der Waals surface area contributed by atoms with E-state index in [9.17, 15) is 4.79 Å². The number of aryl methyl sites for hydroxylation is 2. The van der Waals surface area contributed by atoms with E-state index in [4.69, 9.17) is 4.74 Å². The summed E-state index contributed by atoms with van der Waals surface area (Å²) in [7, 11) is 0. The van der Waals surface area contributed by atoms with E-state index in [2.05, 4.69) is 12.2 Å². The van der Waals surface area contributed by atoms with Gasteiger partial charge in [0.2, 0.25) is 0 Å². The fourth-order valence-corrected chi connectivity index (χ4v) is 2.47. The SMILES string of the molecule is CC[C@H](NC(=O)[C@H](C)Oc1cc(C)ccc1C)c1ccccc1. The molecule has 0 spiro atoms. The molecule has 2 rings (SSSR count). The zero-order valence-electron chi connectivity index (χ0n) is 14.3. The summed E-state index contributed by atoms with van der Waals surface area (Å²) in [5.74, 6) is 0.669. The topological polar surface area (TPSA) is 38.3 Å². The highest BCUT2D eigenvalue weighted by Crippen LogP contribution is 2.21. The van der Waals surface area contributed by atoms with Crippen LogP contribution in [-0.2, 0) is 4.79 Å². The molecule has 0 aliphatic rings. The molecule has 3 nitrogen and oxygen atoms in total. The molecule has 3 heteroatoms. The zero-order chi connectivity index (χ0) is 16.8. The Morgan fingerprint density at radius 1 is 1.13 bits per heavy atom. The van der Waals surface area contributed by atoms with Gasteiger partial charge in [-0.25, -0.2) is 0 Å². The molecule has 0 fully saturated rings. The number of carbonyl (C=O) groups is 1. The highest BCUT2D eigenvalue weighted by atomic mass is 16.5. The van der Waals surface area contributed by atoms with Crippen LogP contribution in [0.15, 0.2) is 48.5 Å². The lowest BCUT2D eigenvalue weighted by Crippen LogP contribution is -2.38. The first-order valence-electron chi connectivity index (χ1n) is 8.10. The fourth-order valence-electron chi connectivity index (χ4n) is 2.47. The summed E-state index contributed by atoms with van der Waals surface area (Å²) in [6.45, 7) is 7.85. The number of ether oxygens (including phenoxy) is 1. The van der Waals surface area contributed by atoms with Crippen LogP contribution in [0.25, 0.3) is 0 Å². The highest BCUT2D eigenvalue weighted by Gasteiger charge is 2.19. The number of rotatable bonds is 6. The molecule has 2 aromatic carbocycles. The summed E-state index contributed by atoms with van der Waals surface area (Å²) < 4.78 is 5.86. The second kappa shape index (κ2) is 7.82. The average molecular weight is 311 g/mol. The van der Waals surface area contributed by atoms with Crippen molar-refractivity contribution in [2.45, 2.75) is 46.3 Å². The normalized spacial score (nSPS) is 13.2. The predicted octanol–water partition coefficient (Wildman–Crippen LogP) is 4.34. The maximum atomic E-state index is 12.5. The van der Waals surface area contributed by atoms with Crippen molar-refractivity contribution in [2.75, 3.05) is 0 Å². The average Bonchev–Trinajstić information content (AvgIpc) is 2.56. The molecule has 2 atom stereocenters. The molecule has 0 aliphatic heterocycles. The van der Waals surface area contributed by atoms with E-state index in [1.165, 1.54) is 0 Å². The molecule has 0 radical (unpaired) electrons. The zero-order valence-corrected chi connectivity index (χ0v) is 14.3. The molecule has 0 aliphatic carbocycles. The van der Waals surface area contributed by atoms with Gasteiger partial charge in [-0.3, -0.25) is 4.79 Å². The molecular formula is C20H25NO2. The van der Waals surface area contributed by atoms with Crippen molar-refractivity contribution in [2.24, 2.45) is 0 Å². The van der Waals surface area contributed by atoms with Crippen LogP contribution in [0.3, 0.4) is 0 Å². The van der Waals surface area contributed by atoms with Crippen LogP contribution in [0, 0.1) is 13.8 Å². The smallest absolute Gasteiger partial charge is 0.261 e. The van der Waals surface area contributed by atoms with Crippen LogP contribution in [0.4, 0.5) is 0 Å². The molecule has 2 aromatic rings. The van der Waals surface area contributed by atoms with Gasteiger partial charge in [0.05, 0.1) is 6.04 Å². The Balaban J connectivity index is 2.03. The van der Waals surface area contributed by atoms with Crippen molar-refractivity contribution < 1.29 is 9.53 Å². The number of nitrogens with one attached hydrogen (secondary N) is 1. The standard InChI is InChI=1S/C20H25NO2/c1-5-18(17-9-7-6-8-10-17)21-20(22)16(4)23-19-13-14(2)11-12-15(19)3/h6-13,16,18H,5H2,1-4H3,(H,21,22)/t16-,18-/m0/s1. The molecule has 0 heterocycles. The van der Waals surface area contributed by atoms with Crippen LogP contribution in [0.5, 0.6) is 5.75 Å². The monoisotopic (exact) mass is 311 g/mol. The van der Waals surface area contributed by atoms with Crippen molar-refractivity contribution >= 4 is 5.91 Å². The third-order valence-corrected chi connectivity index (χ3v) is 3.94. The molecule has 0 saturated carbocycles. The van der Waals surface area contributed by atoms with Crippen molar-refractivity contribution in [3.05, 3.63) is 65.2 Å². The first-order chi connectivity index (χ1) is 11.0. The summed E-state index contributed by atoms with van der Waals surface area (Å²) in [6.07, 6.45) is 0.305. The Hall–Kier alpha value is -2.29. The Bertz CT molecular complexity index is 652. The summed E-state index contributed by atoms with van der Waals surface area (Å²) in [5, 5.41) is 3.07. The van der Waals surface area contributed by atoms with Gasteiger partial charge in [-0.05, 0) is 49.9 Å². The van der Waals surface area contributed by atoms with Crippen LogP contribution >= 0.6 is 0 Å². The van der Waals surface area contributed by atoms with Crippen LogP contribution < -0.4 is 10.1 Å². The van der Waals surface area contributed by atoms with E-state index in [1.807, 2.05) is 62.4 Å². The summed E-state index contributed by atoms with van der Waals surface area (Å²) >= 11 is 0. The molecule has 1 amide bonds. The van der Waals surface area contributed by atoms with Gasteiger partial charge in [0.15, 0.2) is 6.10 Å². The minimum Gasteiger partial charge on any atom is -0.481 e. The molecular weight excluding hydrogens is 286 g/mol. The second-order valence-corrected chi connectivity index (χ2v) is 5.91. The van der Waals surface area contributed by atoms with Gasteiger partial charge in [0.1, 0.15) is 5.75 Å². The van der Waals surface area contributed by atoms with Gasteiger partial charge >= 0.3 is 0 Å². The lowest BCUT2D eigenvalue weighted by molar-refractivity contribution is -0.128. The molecule has 122 valence electrons. The summed E-state index contributed by atoms with van der Waals surface area (Å²) in [4.78, 5) is 12.5. The van der Waals surface area contributed by atoms with E-state index in [1.54, 1.807) is 6.92 Å². The van der Waals surface area contributed by atoms with Gasteiger partial charge in [-0.15, -0.1) is 0 Å². The van der Waals surface area contributed by atoms with Crippen LogP contribution in [0.2, 0.25) is 0 Å². The van der Waals surface area contributed by atoms with Crippen molar-refractivity contribution in [1.29, 1.82) is 0 Å². The lowest BCUT2D eigenvalue weighted by Gasteiger charge is -2.21. The van der Waals surface area contributed by atoms with Crippen molar-refractivity contribution in [3.8, 4) is 5.75 Å². The van der Waals surface area contributed by atoms with Crippen LogP contribution in [0.1, 0.15) is 43.0 Å². The maximum absolute atomic E-state index is 12.5. The van der Waals surface area contributed by atoms with E-state index >= 15 is 0 Å². The van der Waals surface area contributed by atoms with Gasteiger partial charge < -0.3 is 10.1 Å². The van der Waals surface area contributed by atoms with E-state index in [-0.39, 0.29) is 11.9 Å². The quantitative estimate of drug-likeness (QED) is 0.862. The summed E-state index contributed by atoms with van der Waals surface area (Å²) in [5.41, 5.74) is 3.27. The van der Waals surface area contributed by atoms with Gasteiger partial charge in [0, 0.05) is 0 Å². The van der Waals surface area contributed by atoms with Gasteiger partial charge in [-0.1, -0.05) is 49.4 Å². The molecule has 0 bridgehead atoms. The third kappa shape index (κ3) is 4.59. The molecule has 1 N–H and O–H groups in total. The van der Waals surface area contributed by atoms with Gasteiger partial charge in [-0.2, -0.15) is 0 Å². The third-order valence-electron chi connectivity index (χ3n) is 3.94. The Morgan fingerprint density at radius 3 is 2.48 bits per heavy atom.